The molecule has 20 heavy (non-hydrogen) atoms. The number of nitrogens with one attached hydrogen (secondary N) is 1. The zero-order chi connectivity index (χ0) is 14.9. The van der Waals surface area contributed by atoms with E-state index >= 15 is 0 Å². The number of carbonyl (C=O) groups is 1. The molecule has 6 heteroatoms. The minimum absolute atomic E-state index is 0.154. The zero-order valence-electron chi connectivity index (χ0n) is 11.7. The quantitative estimate of drug-likeness (QED) is 0.846. The minimum Gasteiger partial charge on any atom is -0.397 e. The molecule has 0 aliphatic heterocycles. The van der Waals surface area contributed by atoms with Gasteiger partial charge in [0.05, 0.1) is 27.2 Å². The first-order chi connectivity index (χ1) is 9.38. The van der Waals surface area contributed by atoms with Crippen molar-refractivity contribution in [1.82, 2.24) is 9.78 Å². The first kappa shape index (κ1) is 14.6. The van der Waals surface area contributed by atoms with Crippen LogP contribution in [0.5, 0.6) is 0 Å². The van der Waals surface area contributed by atoms with Crippen LogP contribution in [0.4, 0.5) is 11.4 Å². The normalized spacial score (nSPS) is 10.6. The molecule has 0 saturated heterocycles. The van der Waals surface area contributed by atoms with Crippen molar-refractivity contribution in [2.75, 3.05) is 11.1 Å². The van der Waals surface area contributed by atoms with Crippen LogP contribution in [-0.4, -0.2) is 15.7 Å². The Balaban J connectivity index is 2.11. The molecular weight excluding hydrogens is 320 g/mol. The van der Waals surface area contributed by atoms with Crippen molar-refractivity contribution >= 4 is 33.2 Å². The van der Waals surface area contributed by atoms with Crippen molar-refractivity contribution in [3.05, 3.63) is 39.6 Å². The van der Waals surface area contributed by atoms with Gasteiger partial charge in [-0.2, -0.15) is 5.10 Å². The average molecular weight is 337 g/mol. The monoisotopic (exact) mass is 336 g/mol. The first-order valence-corrected chi connectivity index (χ1v) is 7.03. The highest BCUT2D eigenvalue weighted by molar-refractivity contribution is 9.10. The SMILES string of the molecule is Cc1ccc(NC(=O)Cn2nc(C)c(Br)c2C)c(N)c1. The van der Waals surface area contributed by atoms with Crippen molar-refractivity contribution < 1.29 is 4.79 Å². The number of amides is 1. The van der Waals surface area contributed by atoms with Crippen LogP contribution >= 0.6 is 15.9 Å². The molecule has 1 aromatic carbocycles. The third-order valence-electron chi connectivity index (χ3n) is 3.07. The summed E-state index contributed by atoms with van der Waals surface area (Å²) < 4.78 is 2.60. The van der Waals surface area contributed by atoms with Crippen molar-refractivity contribution in [2.24, 2.45) is 0 Å². The van der Waals surface area contributed by atoms with Crippen LogP contribution in [0.2, 0.25) is 0 Å². The van der Waals surface area contributed by atoms with E-state index in [9.17, 15) is 4.79 Å². The molecule has 1 aromatic heterocycles. The Morgan fingerprint density at radius 1 is 1.40 bits per heavy atom. The smallest absolute Gasteiger partial charge is 0.246 e. The molecule has 106 valence electrons. The molecule has 3 N–H and O–H groups in total. The summed E-state index contributed by atoms with van der Waals surface area (Å²) in [5.74, 6) is -0.154. The van der Waals surface area contributed by atoms with Crippen LogP contribution in [0.3, 0.4) is 0 Å². The number of benzene rings is 1. The van der Waals surface area contributed by atoms with E-state index in [1.54, 1.807) is 10.7 Å². The number of anilines is 2. The fourth-order valence-corrected chi connectivity index (χ4v) is 2.23. The van der Waals surface area contributed by atoms with E-state index in [4.69, 9.17) is 5.73 Å². The number of hydrogen-bond donors (Lipinski definition) is 2. The lowest BCUT2D eigenvalue weighted by atomic mass is 10.2. The van der Waals surface area contributed by atoms with Gasteiger partial charge in [0.2, 0.25) is 5.91 Å². The van der Waals surface area contributed by atoms with E-state index in [1.807, 2.05) is 32.9 Å². The Hall–Kier alpha value is -1.82. The van der Waals surface area contributed by atoms with E-state index in [2.05, 4.69) is 26.3 Å². The summed E-state index contributed by atoms with van der Waals surface area (Å²) in [6.07, 6.45) is 0. The molecule has 2 aromatic rings. The number of rotatable bonds is 3. The Morgan fingerprint density at radius 2 is 2.10 bits per heavy atom. The Morgan fingerprint density at radius 3 is 2.65 bits per heavy atom. The highest BCUT2D eigenvalue weighted by atomic mass is 79.9. The topological polar surface area (TPSA) is 72.9 Å². The zero-order valence-corrected chi connectivity index (χ0v) is 13.3. The molecule has 0 bridgehead atoms. The highest BCUT2D eigenvalue weighted by Crippen LogP contribution is 2.21. The predicted octanol–water partition coefficient (Wildman–Crippen LogP) is 2.79. The number of nitrogens with zero attached hydrogens (tertiary/aromatic N) is 2. The van der Waals surface area contributed by atoms with E-state index in [1.165, 1.54) is 0 Å². The maximum atomic E-state index is 12.0. The summed E-state index contributed by atoms with van der Waals surface area (Å²) in [5, 5.41) is 7.11. The molecule has 1 heterocycles. The molecule has 0 aliphatic carbocycles. The van der Waals surface area contributed by atoms with Gasteiger partial charge in [-0.05, 0) is 54.4 Å². The number of nitrogen functional groups attached to an aromatic ring is 1. The van der Waals surface area contributed by atoms with Gasteiger partial charge in [-0.1, -0.05) is 6.07 Å². The summed E-state index contributed by atoms with van der Waals surface area (Å²) in [5.41, 5.74) is 9.92. The fourth-order valence-electron chi connectivity index (χ4n) is 1.95. The third-order valence-corrected chi connectivity index (χ3v) is 4.22. The van der Waals surface area contributed by atoms with Crippen LogP contribution < -0.4 is 11.1 Å². The lowest BCUT2D eigenvalue weighted by molar-refractivity contribution is -0.116. The van der Waals surface area contributed by atoms with Gasteiger partial charge in [-0.15, -0.1) is 0 Å². The van der Waals surface area contributed by atoms with Crippen LogP contribution in [-0.2, 0) is 11.3 Å². The molecule has 0 radical (unpaired) electrons. The lowest BCUT2D eigenvalue weighted by Gasteiger charge is -2.09. The van der Waals surface area contributed by atoms with Gasteiger partial charge in [-0.3, -0.25) is 9.48 Å². The number of aryl methyl sites for hydroxylation is 2. The highest BCUT2D eigenvalue weighted by Gasteiger charge is 2.12. The van der Waals surface area contributed by atoms with Gasteiger partial charge in [0.25, 0.3) is 0 Å². The van der Waals surface area contributed by atoms with Crippen molar-refractivity contribution in [1.29, 1.82) is 0 Å². The molecule has 0 fully saturated rings. The van der Waals surface area contributed by atoms with Crippen LogP contribution in [0.25, 0.3) is 0 Å². The predicted molar refractivity (Wildman–Crippen MR) is 83.6 cm³/mol. The maximum absolute atomic E-state index is 12.0. The second kappa shape index (κ2) is 5.66. The van der Waals surface area contributed by atoms with E-state index in [-0.39, 0.29) is 12.5 Å². The van der Waals surface area contributed by atoms with E-state index < -0.39 is 0 Å². The number of carbonyl (C=O) groups excluding carboxylic acids is 1. The minimum atomic E-state index is -0.154. The van der Waals surface area contributed by atoms with Gasteiger partial charge in [-0.25, -0.2) is 0 Å². The standard InChI is InChI=1S/C14H17BrN4O/c1-8-4-5-12(11(16)6-8)17-13(20)7-19-10(3)14(15)9(2)18-19/h4-6H,7,16H2,1-3H3,(H,17,20). The lowest BCUT2D eigenvalue weighted by Crippen LogP contribution is -2.21. The van der Waals surface area contributed by atoms with Gasteiger partial charge < -0.3 is 11.1 Å². The average Bonchev–Trinajstić information content (AvgIpc) is 2.61. The van der Waals surface area contributed by atoms with Crippen LogP contribution in [0, 0.1) is 20.8 Å². The first-order valence-electron chi connectivity index (χ1n) is 6.24. The van der Waals surface area contributed by atoms with E-state index in [0.717, 1.165) is 21.4 Å². The van der Waals surface area contributed by atoms with E-state index in [0.29, 0.717) is 11.4 Å². The summed E-state index contributed by atoms with van der Waals surface area (Å²) >= 11 is 3.44. The number of hydrogen-bond acceptors (Lipinski definition) is 3. The molecule has 0 saturated carbocycles. The Kier molecular flexibility index (Phi) is 4.13. The number of aromatic nitrogens is 2. The molecule has 2 rings (SSSR count). The summed E-state index contributed by atoms with van der Waals surface area (Å²) in [6.45, 7) is 5.92. The molecule has 1 amide bonds. The Bertz CT molecular complexity index is 663. The van der Waals surface area contributed by atoms with Crippen molar-refractivity contribution in [3.63, 3.8) is 0 Å². The summed E-state index contributed by atoms with van der Waals surface area (Å²) in [4.78, 5) is 12.0. The maximum Gasteiger partial charge on any atom is 0.246 e. The largest absolute Gasteiger partial charge is 0.397 e. The molecule has 5 nitrogen and oxygen atoms in total. The summed E-state index contributed by atoms with van der Waals surface area (Å²) in [7, 11) is 0. The molecular formula is C14H17BrN4O. The molecule has 0 atom stereocenters. The number of nitrogens with two attached hydrogens (primary N) is 1. The Labute approximate surface area is 126 Å². The second-order valence-corrected chi connectivity index (χ2v) is 5.57. The summed E-state index contributed by atoms with van der Waals surface area (Å²) in [6, 6.07) is 5.54. The van der Waals surface area contributed by atoms with Gasteiger partial charge in [0, 0.05) is 0 Å². The molecule has 0 aliphatic rings. The van der Waals surface area contributed by atoms with Gasteiger partial charge in [0.1, 0.15) is 6.54 Å². The molecule has 0 unspecified atom stereocenters. The molecule has 0 spiro atoms. The number of halogens is 1. The van der Waals surface area contributed by atoms with Gasteiger partial charge >= 0.3 is 0 Å². The van der Waals surface area contributed by atoms with Crippen molar-refractivity contribution in [2.45, 2.75) is 27.3 Å². The van der Waals surface area contributed by atoms with Crippen LogP contribution in [0.15, 0.2) is 22.7 Å². The van der Waals surface area contributed by atoms with Crippen molar-refractivity contribution in [3.8, 4) is 0 Å². The van der Waals surface area contributed by atoms with Crippen LogP contribution in [0.1, 0.15) is 17.0 Å². The van der Waals surface area contributed by atoms with Gasteiger partial charge in [0.15, 0.2) is 0 Å². The second-order valence-electron chi connectivity index (χ2n) is 4.78. The third kappa shape index (κ3) is 3.01. The fraction of sp³-hybridized carbons (Fsp3) is 0.286.